The monoisotopic (exact) mass is 347 g/mol. The second-order valence-corrected chi connectivity index (χ2v) is 6.63. The minimum atomic E-state index is -0.697. The second kappa shape index (κ2) is 12.3. The number of hydrogen-bond donors (Lipinski definition) is 3. The number of nitrogens with zero attached hydrogens (tertiary/aromatic N) is 1. The fourth-order valence-corrected chi connectivity index (χ4v) is 2.86. The number of carbonyl (C=O) groups excluding carboxylic acids is 1. The maximum Gasteiger partial charge on any atom is 0.332 e. The van der Waals surface area contributed by atoms with Crippen LogP contribution < -0.4 is 11.2 Å². The molecule has 5 heteroatoms. The lowest BCUT2D eigenvalue weighted by Gasteiger charge is -2.10. The van der Waals surface area contributed by atoms with E-state index in [2.05, 4.69) is 17.5 Å². The third-order valence-electron chi connectivity index (χ3n) is 4.28. The van der Waals surface area contributed by atoms with Crippen molar-refractivity contribution in [3.8, 4) is 5.75 Å². The van der Waals surface area contributed by atoms with Gasteiger partial charge in [-0.3, -0.25) is 0 Å². The molecule has 0 saturated carbocycles. The van der Waals surface area contributed by atoms with E-state index in [1.165, 1.54) is 44.9 Å². The van der Waals surface area contributed by atoms with E-state index in [4.69, 9.17) is 5.73 Å². The number of phenols is 1. The van der Waals surface area contributed by atoms with Gasteiger partial charge in [0.15, 0.2) is 0 Å². The van der Waals surface area contributed by atoms with Crippen LogP contribution in [-0.2, 0) is 0 Å². The van der Waals surface area contributed by atoms with Gasteiger partial charge in [0.25, 0.3) is 0 Å². The fourth-order valence-electron chi connectivity index (χ4n) is 2.86. The maximum atomic E-state index is 11.0. The van der Waals surface area contributed by atoms with Crippen LogP contribution in [0.3, 0.4) is 0 Å². The second-order valence-electron chi connectivity index (χ2n) is 6.63. The molecule has 0 spiro atoms. The van der Waals surface area contributed by atoms with Gasteiger partial charge in [0.2, 0.25) is 0 Å². The van der Waals surface area contributed by atoms with Crippen LogP contribution in [0.4, 0.5) is 4.79 Å². The summed E-state index contributed by atoms with van der Waals surface area (Å²) < 4.78 is 0. The molecule has 0 heterocycles. The lowest BCUT2D eigenvalue weighted by molar-refractivity contribution is 0.249. The Hall–Kier alpha value is -2.04. The number of aromatic hydroxyl groups is 1. The number of amides is 2. The van der Waals surface area contributed by atoms with Crippen molar-refractivity contribution in [1.29, 1.82) is 0 Å². The van der Waals surface area contributed by atoms with Crippen molar-refractivity contribution >= 4 is 11.7 Å². The molecule has 0 aliphatic rings. The summed E-state index contributed by atoms with van der Waals surface area (Å²) in [4.78, 5) is 11.0. The Balaban J connectivity index is 2.46. The number of primary amides is 1. The highest BCUT2D eigenvalue weighted by Crippen LogP contribution is 2.22. The quantitative estimate of drug-likeness (QED) is 0.282. The van der Waals surface area contributed by atoms with Crippen LogP contribution in [0.5, 0.6) is 5.75 Å². The van der Waals surface area contributed by atoms with Gasteiger partial charge >= 0.3 is 6.03 Å². The molecule has 0 saturated heterocycles. The Morgan fingerprint density at radius 3 is 2.28 bits per heavy atom. The van der Waals surface area contributed by atoms with Gasteiger partial charge in [-0.15, -0.1) is 0 Å². The Labute approximate surface area is 151 Å². The SMILES string of the molecule is CCCCCCCCCCC/C(=N/NC(N)=O)c1cc(C)ccc1O. The van der Waals surface area contributed by atoms with Crippen LogP contribution in [-0.4, -0.2) is 16.8 Å². The number of carbonyl (C=O) groups is 1. The van der Waals surface area contributed by atoms with Gasteiger partial charge < -0.3 is 10.8 Å². The topological polar surface area (TPSA) is 87.7 Å². The van der Waals surface area contributed by atoms with E-state index in [0.717, 1.165) is 18.4 Å². The van der Waals surface area contributed by atoms with Crippen molar-refractivity contribution in [2.75, 3.05) is 0 Å². The van der Waals surface area contributed by atoms with E-state index in [9.17, 15) is 9.90 Å². The molecular formula is C20H33N3O2. The Morgan fingerprint density at radius 2 is 1.68 bits per heavy atom. The van der Waals surface area contributed by atoms with Crippen molar-refractivity contribution in [2.45, 2.75) is 78.1 Å². The highest BCUT2D eigenvalue weighted by Gasteiger charge is 2.10. The molecule has 1 aromatic carbocycles. The van der Waals surface area contributed by atoms with Crippen LogP contribution >= 0.6 is 0 Å². The first kappa shape index (κ1) is 21.0. The first-order valence-corrected chi connectivity index (χ1v) is 9.46. The first-order valence-electron chi connectivity index (χ1n) is 9.46. The summed E-state index contributed by atoms with van der Waals surface area (Å²) in [7, 11) is 0. The van der Waals surface area contributed by atoms with Gasteiger partial charge in [0, 0.05) is 5.56 Å². The number of aryl methyl sites for hydroxylation is 1. The number of benzene rings is 1. The summed E-state index contributed by atoms with van der Waals surface area (Å²) in [6, 6.07) is 4.68. The minimum Gasteiger partial charge on any atom is -0.507 e. The van der Waals surface area contributed by atoms with Gasteiger partial charge in [0.05, 0.1) is 5.71 Å². The average molecular weight is 348 g/mol. The van der Waals surface area contributed by atoms with E-state index < -0.39 is 6.03 Å². The minimum absolute atomic E-state index is 0.173. The molecule has 0 unspecified atom stereocenters. The molecule has 4 N–H and O–H groups in total. The predicted octanol–water partition coefficient (Wildman–Crippen LogP) is 4.99. The number of hydrazone groups is 1. The molecule has 0 aliphatic heterocycles. The normalized spacial score (nSPS) is 11.5. The Kier molecular flexibility index (Phi) is 10.4. The van der Waals surface area contributed by atoms with Gasteiger partial charge in [-0.1, -0.05) is 69.9 Å². The van der Waals surface area contributed by atoms with E-state index >= 15 is 0 Å². The number of unbranched alkanes of at least 4 members (excludes halogenated alkanes) is 8. The molecule has 1 aromatic rings. The van der Waals surface area contributed by atoms with Crippen LogP contribution in [0.2, 0.25) is 0 Å². The number of rotatable bonds is 12. The zero-order chi connectivity index (χ0) is 18.5. The summed E-state index contributed by atoms with van der Waals surface area (Å²) >= 11 is 0. The molecule has 0 atom stereocenters. The molecule has 140 valence electrons. The molecule has 0 aliphatic carbocycles. The smallest absolute Gasteiger partial charge is 0.332 e. The number of hydrogen-bond acceptors (Lipinski definition) is 3. The lowest BCUT2D eigenvalue weighted by atomic mass is 10.00. The predicted molar refractivity (Wildman–Crippen MR) is 104 cm³/mol. The number of urea groups is 1. The molecule has 1 rings (SSSR count). The third-order valence-corrected chi connectivity index (χ3v) is 4.28. The van der Waals surface area contributed by atoms with Crippen LogP contribution in [0.1, 0.15) is 82.3 Å². The van der Waals surface area contributed by atoms with Gasteiger partial charge in [-0.05, 0) is 31.9 Å². The van der Waals surface area contributed by atoms with Gasteiger partial charge in [-0.2, -0.15) is 5.10 Å². The van der Waals surface area contributed by atoms with E-state index in [1.807, 2.05) is 19.1 Å². The summed E-state index contributed by atoms with van der Waals surface area (Å²) in [6.45, 7) is 4.19. The number of nitrogens with one attached hydrogen (secondary N) is 1. The molecule has 0 bridgehead atoms. The largest absolute Gasteiger partial charge is 0.507 e. The van der Waals surface area contributed by atoms with Crippen LogP contribution in [0.25, 0.3) is 0 Å². The van der Waals surface area contributed by atoms with E-state index in [-0.39, 0.29) is 5.75 Å². The van der Waals surface area contributed by atoms with Crippen LogP contribution in [0.15, 0.2) is 23.3 Å². The van der Waals surface area contributed by atoms with Gasteiger partial charge in [0.1, 0.15) is 5.75 Å². The van der Waals surface area contributed by atoms with Crippen molar-refractivity contribution in [1.82, 2.24) is 5.43 Å². The molecular weight excluding hydrogens is 314 g/mol. The molecule has 5 nitrogen and oxygen atoms in total. The van der Waals surface area contributed by atoms with Crippen LogP contribution in [0, 0.1) is 6.92 Å². The fraction of sp³-hybridized carbons (Fsp3) is 0.600. The number of nitrogens with two attached hydrogens (primary N) is 1. The number of phenolic OH excluding ortho intramolecular Hbond substituents is 1. The Morgan fingerprint density at radius 1 is 1.08 bits per heavy atom. The molecule has 2 amide bonds. The highest BCUT2D eigenvalue weighted by molar-refractivity contribution is 6.03. The van der Waals surface area contributed by atoms with Crippen molar-refractivity contribution in [3.63, 3.8) is 0 Å². The van der Waals surface area contributed by atoms with Gasteiger partial charge in [-0.25, -0.2) is 10.2 Å². The molecule has 0 radical (unpaired) electrons. The highest BCUT2D eigenvalue weighted by atomic mass is 16.3. The third kappa shape index (κ3) is 9.13. The molecule has 0 aromatic heterocycles. The lowest BCUT2D eigenvalue weighted by Crippen LogP contribution is -2.26. The summed E-state index contributed by atoms with van der Waals surface area (Å²) in [5.74, 6) is 0.173. The molecule has 0 fully saturated rings. The zero-order valence-electron chi connectivity index (χ0n) is 15.7. The first-order chi connectivity index (χ1) is 12.0. The van der Waals surface area contributed by atoms with Crippen molar-refractivity contribution in [2.24, 2.45) is 10.8 Å². The van der Waals surface area contributed by atoms with E-state index in [0.29, 0.717) is 17.7 Å². The maximum absolute atomic E-state index is 11.0. The van der Waals surface area contributed by atoms with E-state index in [1.54, 1.807) is 6.07 Å². The Bertz CT molecular complexity index is 556. The summed E-state index contributed by atoms with van der Waals surface area (Å²) in [5, 5.41) is 14.2. The standard InChI is InChI=1S/C20H33N3O2/c1-3-4-5-6-7-8-9-10-11-12-18(22-23-20(21)25)17-15-16(2)13-14-19(17)24/h13-15,24H,3-12H2,1-2H3,(H3,21,23,25)/b22-18-. The average Bonchev–Trinajstić information content (AvgIpc) is 2.58. The van der Waals surface area contributed by atoms with Crippen molar-refractivity contribution in [3.05, 3.63) is 29.3 Å². The summed E-state index contributed by atoms with van der Waals surface area (Å²) in [5.41, 5.74) is 9.76. The zero-order valence-corrected chi connectivity index (χ0v) is 15.7. The van der Waals surface area contributed by atoms with Crippen molar-refractivity contribution < 1.29 is 9.90 Å². The molecule has 25 heavy (non-hydrogen) atoms. The summed E-state index contributed by atoms with van der Waals surface area (Å²) in [6.07, 6.45) is 11.9.